The van der Waals surface area contributed by atoms with Crippen LogP contribution in [0.2, 0.25) is 0 Å². The molecule has 0 amide bonds. The molecule has 0 fully saturated rings. The average molecular weight is 299 g/mol. The van der Waals surface area contributed by atoms with Crippen molar-refractivity contribution in [3.63, 3.8) is 0 Å². The molecule has 0 saturated carbocycles. The summed E-state index contributed by atoms with van der Waals surface area (Å²) in [7, 11) is 0. The van der Waals surface area contributed by atoms with Crippen molar-refractivity contribution in [2.75, 3.05) is 0 Å². The van der Waals surface area contributed by atoms with Crippen LogP contribution in [0.5, 0.6) is 0 Å². The lowest BCUT2D eigenvalue weighted by Gasteiger charge is -2.17. The summed E-state index contributed by atoms with van der Waals surface area (Å²) >= 11 is 0. The minimum absolute atomic E-state index is 0.114. The Morgan fingerprint density at radius 2 is 1.10 bits per heavy atom. The van der Waals surface area contributed by atoms with E-state index in [9.17, 15) is 4.79 Å². The Kier molecular flexibility index (Phi) is 15.5. The standard InChI is InChI=1S/C19H38O2/c1-4-6-8-10-12-14-16-19(21-18(3)20)17-15-13-11-9-7-5-2/h19H,4-17H2,1-3H3. The summed E-state index contributed by atoms with van der Waals surface area (Å²) < 4.78 is 5.47. The molecule has 2 nitrogen and oxygen atoms in total. The topological polar surface area (TPSA) is 26.3 Å². The number of rotatable bonds is 15. The molecular weight excluding hydrogens is 260 g/mol. The van der Waals surface area contributed by atoms with E-state index in [1.807, 2.05) is 0 Å². The Morgan fingerprint density at radius 1 is 0.714 bits per heavy atom. The molecule has 0 bridgehead atoms. The normalized spacial score (nSPS) is 11.0. The average Bonchev–Trinajstić information content (AvgIpc) is 2.45. The van der Waals surface area contributed by atoms with Crippen LogP contribution in [0.25, 0.3) is 0 Å². The van der Waals surface area contributed by atoms with Crippen molar-refractivity contribution in [3.8, 4) is 0 Å². The summed E-state index contributed by atoms with van der Waals surface area (Å²) in [6.07, 6.45) is 17.9. The highest BCUT2D eigenvalue weighted by molar-refractivity contribution is 5.66. The van der Waals surface area contributed by atoms with Crippen LogP contribution in [-0.2, 0) is 9.53 Å². The number of ether oxygens (including phenoxy) is 1. The molecule has 0 aromatic carbocycles. The van der Waals surface area contributed by atoms with Gasteiger partial charge in [0, 0.05) is 6.92 Å². The van der Waals surface area contributed by atoms with Crippen molar-refractivity contribution in [3.05, 3.63) is 0 Å². The second kappa shape index (κ2) is 15.9. The summed E-state index contributed by atoms with van der Waals surface area (Å²) in [4.78, 5) is 11.2. The third kappa shape index (κ3) is 15.7. The van der Waals surface area contributed by atoms with Crippen molar-refractivity contribution in [2.45, 2.75) is 117 Å². The highest BCUT2D eigenvalue weighted by atomic mass is 16.5. The van der Waals surface area contributed by atoms with Crippen LogP contribution in [0, 0.1) is 0 Å². The number of hydrogen-bond acceptors (Lipinski definition) is 2. The van der Waals surface area contributed by atoms with Crippen LogP contribution in [0.1, 0.15) is 111 Å². The fraction of sp³-hybridized carbons (Fsp3) is 0.947. The number of esters is 1. The maximum Gasteiger partial charge on any atom is 0.302 e. The first-order chi connectivity index (χ1) is 10.2. The van der Waals surface area contributed by atoms with Crippen LogP contribution >= 0.6 is 0 Å². The van der Waals surface area contributed by atoms with Crippen molar-refractivity contribution < 1.29 is 9.53 Å². The zero-order valence-electron chi connectivity index (χ0n) is 14.8. The van der Waals surface area contributed by atoms with E-state index in [-0.39, 0.29) is 12.1 Å². The summed E-state index contributed by atoms with van der Waals surface area (Å²) in [5.74, 6) is -0.114. The second-order valence-corrected chi connectivity index (χ2v) is 6.34. The zero-order valence-corrected chi connectivity index (χ0v) is 14.8. The molecule has 0 rings (SSSR count). The predicted octanol–water partition coefficient (Wildman–Crippen LogP) is 6.42. The van der Waals surface area contributed by atoms with Crippen molar-refractivity contribution in [1.82, 2.24) is 0 Å². The maximum atomic E-state index is 11.2. The molecule has 0 saturated heterocycles. The molecule has 126 valence electrons. The number of carbonyl (C=O) groups excluding carboxylic acids is 1. The molecule has 0 spiro atoms. The van der Waals surface area contributed by atoms with Gasteiger partial charge in [-0.1, -0.05) is 78.1 Å². The van der Waals surface area contributed by atoms with Crippen LogP contribution in [0.3, 0.4) is 0 Å². The van der Waals surface area contributed by atoms with Gasteiger partial charge in [-0.3, -0.25) is 4.79 Å². The fourth-order valence-corrected chi connectivity index (χ4v) is 2.80. The summed E-state index contributed by atoms with van der Waals surface area (Å²) in [5, 5.41) is 0. The smallest absolute Gasteiger partial charge is 0.302 e. The third-order valence-corrected chi connectivity index (χ3v) is 4.09. The Balaban J connectivity index is 3.64. The van der Waals surface area contributed by atoms with Gasteiger partial charge in [-0.25, -0.2) is 0 Å². The quantitative estimate of drug-likeness (QED) is 0.257. The highest BCUT2D eigenvalue weighted by Crippen LogP contribution is 2.16. The van der Waals surface area contributed by atoms with Gasteiger partial charge in [0.2, 0.25) is 0 Å². The van der Waals surface area contributed by atoms with E-state index >= 15 is 0 Å². The van der Waals surface area contributed by atoms with Gasteiger partial charge in [-0.15, -0.1) is 0 Å². The Hall–Kier alpha value is -0.530. The lowest BCUT2D eigenvalue weighted by Crippen LogP contribution is -2.16. The van der Waals surface area contributed by atoms with Crippen LogP contribution in [0.4, 0.5) is 0 Å². The highest BCUT2D eigenvalue weighted by Gasteiger charge is 2.11. The first-order valence-corrected chi connectivity index (χ1v) is 9.37. The summed E-state index contributed by atoms with van der Waals surface area (Å²) in [6, 6.07) is 0. The predicted molar refractivity (Wildman–Crippen MR) is 91.5 cm³/mol. The Labute approximate surface area is 133 Å². The lowest BCUT2D eigenvalue weighted by atomic mass is 10.0. The molecule has 0 aliphatic rings. The second-order valence-electron chi connectivity index (χ2n) is 6.34. The Bertz CT molecular complexity index is 210. The summed E-state index contributed by atoms with van der Waals surface area (Å²) in [6.45, 7) is 6.03. The summed E-state index contributed by atoms with van der Waals surface area (Å²) in [5.41, 5.74) is 0. The van der Waals surface area contributed by atoms with Crippen LogP contribution in [0.15, 0.2) is 0 Å². The van der Waals surface area contributed by atoms with E-state index in [0.717, 1.165) is 12.8 Å². The molecule has 2 heteroatoms. The molecule has 0 aromatic rings. The maximum absolute atomic E-state index is 11.2. The molecule has 0 aromatic heterocycles. The van der Waals surface area contributed by atoms with Gasteiger partial charge >= 0.3 is 5.97 Å². The van der Waals surface area contributed by atoms with Crippen LogP contribution < -0.4 is 0 Å². The van der Waals surface area contributed by atoms with E-state index in [4.69, 9.17) is 4.74 Å². The van der Waals surface area contributed by atoms with Crippen LogP contribution in [-0.4, -0.2) is 12.1 Å². The molecule has 0 N–H and O–H groups in total. The fourth-order valence-electron chi connectivity index (χ4n) is 2.80. The molecule has 21 heavy (non-hydrogen) atoms. The minimum Gasteiger partial charge on any atom is -0.463 e. The van der Waals surface area contributed by atoms with Gasteiger partial charge in [-0.2, -0.15) is 0 Å². The molecule has 0 aliphatic carbocycles. The first-order valence-electron chi connectivity index (χ1n) is 9.37. The van der Waals surface area contributed by atoms with E-state index in [1.165, 1.54) is 84.0 Å². The molecular formula is C19H38O2. The van der Waals surface area contributed by atoms with E-state index in [1.54, 1.807) is 0 Å². The van der Waals surface area contributed by atoms with Gasteiger partial charge in [0.1, 0.15) is 6.10 Å². The molecule has 0 aliphatic heterocycles. The van der Waals surface area contributed by atoms with Gasteiger partial charge < -0.3 is 4.74 Å². The van der Waals surface area contributed by atoms with E-state index in [0.29, 0.717) is 0 Å². The third-order valence-electron chi connectivity index (χ3n) is 4.09. The number of hydrogen-bond donors (Lipinski definition) is 0. The van der Waals surface area contributed by atoms with Crippen molar-refractivity contribution in [2.24, 2.45) is 0 Å². The van der Waals surface area contributed by atoms with Gasteiger partial charge in [0.25, 0.3) is 0 Å². The van der Waals surface area contributed by atoms with Crippen molar-refractivity contribution >= 4 is 5.97 Å². The van der Waals surface area contributed by atoms with E-state index < -0.39 is 0 Å². The SMILES string of the molecule is CCCCCCCCC(CCCCCCCC)OC(C)=O. The first kappa shape index (κ1) is 20.5. The lowest BCUT2D eigenvalue weighted by molar-refractivity contribution is -0.147. The number of carbonyl (C=O) groups is 1. The number of unbranched alkanes of at least 4 members (excludes halogenated alkanes) is 10. The van der Waals surface area contributed by atoms with E-state index in [2.05, 4.69) is 13.8 Å². The monoisotopic (exact) mass is 298 g/mol. The minimum atomic E-state index is -0.114. The molecule has 0 heterocycles. The molecule has 0 atom stereocenters. The van der Waals surface area contributed by atoms with Gasteiger partial charge in [-0.05, 0) is 25.7 Å². The van der Waals surface area contributed by atoms with Gasteiger partial charge in [0.05, 0.1) is 0 Å². The molecule has 0 unspecified atom stereocenters. The molecule has 0 radical (unpaired) electrons. The Morgan fingerprint density at radius 3 is 1.48 bits per heavy atom. The van der Waals surface area contributed by atoms with Crippen molar-refractivity contribution in [1.29, 1.82) is 0 Å². The van der Waals surface area contributed by atoms with Gasteiger partial charge in [0.15, 0.2) is 0 Å². The largest absolute Gasteiger partial charge is 0.463 e. The zero-order chi connectivity index (χ0) is 15.8.